The predicted octanol–water partition coefficient (Wildman–Crippen LogP) is 3.76. The van der Waals surface area contributed by atoms with Crippen molar-refractivity contribution in [1.82, 2.24) is 14.1 Å². The fourth-order valence-corrected chi connectivity index (χ4v) is 6.30. The maximum Gasteiger partial charge on any atom is 0.243 e. The van der Waals surface area contributed by atoms with Gasteiger partial charge in [0, 0.05) is 43.7 Å². The number of sulfonamides is 1. The van der Waals surface area contributed by atoms with E-state index in [4.69, 9.17) is 9.47 Å². The standard InChI is InChI=1S/C28H30BrN3O5S/c29-24-7-9-25(10-8-24)38(34,35)32(13-12-22-4-2-1-3-5-22)20-28(33)31-16-14-30(15-17-31)19-23-6-11-26-27(18-23)37-21-36-26/h1-11,18H,12-17,19-21H2. The lowest BCUT2D eigenvalue weighted by atomic mass is 10.1. The van der Waals surface area contributed by atoms with Crippen LogP contribution in [0.15, 0.2) is 82.2 Å². The van der Waals surface area contributed by atoms with Crippen LogP contribution in [-0.2, 0) is 27.8 Å². The fourth-order valence-electron chi connectivity index (χ4n) is 4.64. The van der Waals surface area contributed by atoms with Crippen molar-refractivity contribution in [1.29, 1.82) is 0 Å². The molecule has 1 amide bonds. The first-order chi connectivity index (χ1) is 18.4. The number of ether oxygens (including phenoxy) is 2. The lowest BCUT2D eigenvalue weighted by Crippen LogP contribution is -2.51. The first kappa shape index (κ1) is 26.7. The van der Waals surface area contributed by atoms with E-state index in [1.807, 2.05) is 48.5 Å². The molecule has 10 heteroatoms. The average Bonchev–Trinajstić information content (AvgIpc) is 3.40. The molecule has 0 aromatic heterocycles. The highest BCUT2D eigenvalue weighted by Crippen LogP contribution is 2.33. The van der Waals surface area contributed by atoms with Crippen molar-refractivity contribution in [3.05, 3.63) is 88.4 Å². The summed E-state index contributed by atoms with van der Waals surface area (Å²) >= 11 is 3.36. The highest BCUT2D eigenvalue weighted by molar-refractivity contribution is 9.10. The Morgan fingerprint density at radius 2 is 1.58 bits per heavy atom. The van der Waals surface area contributed by atoms with Crippen molar-refractivity contribution in [2.24, 2.45) is 0 Å². The molecule has 200 valence electrons. The molecule has 38 heavy (non-hydrogen) atoms. The Hall–Kier alpha value is -2.92. The van der Waals surface area contributed by atoms with Gasteiger partial charge in [-0.2, -0.15) is 4.31 Å². The number of benzene rings is 3. The molecule has 2 heterocycles. The third-order valence-corrected chi connectivity index (χ3v) is 9.21. The third kappa shape index (κ3) is 6.37. The monoisotopic (exact) mass is 599 g/mol. The van der Waals surface area contributed by atoms with Crippen molar-refractivity contribution >= 4 is 31.9 Å². The zero-order chi connectivity index (χ0) is 26.5. The lowest BCUT2D eigenvalue weighted by molar-refractivity contribution is -0.133. The van der Waals surface area contributed by atoms with Crippen LogP contribution in [-0.4, -0.2) is 74.5 Å². The topological polar surface area (TPSA) is 79.4 Å². The summed E-state index contributed by atoms with van der Waals surface area (Å²) in [4.78, 5) is 17.5. The van der Waals surface area contributed by atoms with Crippen LogP contribution in [0.1, 0.15) is 11.1 Å². The van der Waals surface area contributed by atoms with E-state index in [0.717, 1.165) is 33.6 Å². The van der Waals surface area contributed by atoms with Gasteiger partial charge in [-0.15, -0.1) is 0 Å². The van der Waals surface area contributed by atoms with Gasteiger partial charge in [-0.1, -0.05) is 52.3 Å². The van der Waals surface area contributed by atoms with Gasteiger partial charge in [-0.05, 0) is 53.9 Å². The molecule has 0 unspecified atom stereocenters. The van der Waals surface area contributed by atoms with Crippen LogP contribution in [0.5, 0.6) is 11.5 Å². The molecule has 2 aliphatic rings. The highest BCUT2D eigenvalue weighted by Gasteiger charge is 2.30. The number of piperazine rings is 1. The molecule has 3 aromatic carbocycles. The Kier molecular flexibility index (Phi) is 8.32. The summed E-state index contributed by atoms with van der Waals surface area (Å²) < 4.78 is 40.0. The minimum atomic E-state index is -3.85. The van der Waals surface area contributed by atoms with Crippen LogP contribution in [0.3, 0.4) is 0 Å². The normalized spacial score (nSPS) is 15.7. The van der Waals surface area contributed by atoms with Crippen molar-refractivity contribution in [3.63, 3.8) is 0 Å². The van der Waals surface area contributed by atoms with E-state index in [9.17, 15) is 13.2 Å². The van der Waals surface area contributed by atoms with Crippen LogP contribution in [0.2, 0.25) is 0 Å². The molecule has 0 saturated carbocycles. The van der Waals surface area contributed by atoms with E-state index in [-0.39, 0.29) is 30.7 Å². The Bertz CT molecular complexity index is 1360. The van der Waals surface area contributed by atoms with E-state index in [0.29, 0.717) is 32.6 Å². The first-order valence-electron chi connectivity index (χ1n) is 12.6. The second-order valence-corrected chi connectivity index (χ2v) is 12.2. The molecule has 0 aliphatic carbocycles. The maximum atomic E-state index is 13.5. The molecule has 2 aliphatic heterocycles. The Morgan fingerprint density at radius 1 is 0.868 bits per heavy atom. The summed E-state index contributed by atoms with van der Waals surface area (Å²) in [6.07, 6.45) is 0.521. The van der Waals surface area contributed by atoms with Crippen LogP contribution in [0.4, 0.5) is 0 Å². The number of halogens is 1. The van der Waals surface area contributed by atoms with Gasteiger partial charge in [-0.3, -0.25) is 9.69 Å². The zero-order valence-corrected chi connectivity index (χ0v) is 23.4. The van der Waals surface area contributed by atoms with Crippen molar-refractivity contribution in [2.75, 3.05) is 46.1 Å². The molecule has 3 aromatic rings. The largest absolute Gasteiger partial charge is 0.454 e. The number of carbonyl (C=O) groups excluding carboxylic acids is 1. The minimum absolute atomic E-state index is 0.176. The maximum absolute atomic E-state index is 13.5. The summed E-state index contributed by atoms with van der Waals surface area (Å²) in [5, 5.41) is 0. The lowest BCUT2D eigenvalue weighted by Gasteiger charge is -2.35. The van der Waals surface area contributed by atoms with E-state index >= 15 is 0 Å². The number of hydrogen-bond donors (Lipinski definition) is 0. The summed E-state index contributed by atoms with van der Waals surface area (Å²) in [5.74, 6) is 1.35. The molecule has 0 spiro atoms. The zero-order valence-electron chi connectivity index (χ0n) is 21.0. The van der Waals surface area contributed by atoms with E-state index in [2.05, 4.69) is 20.8 Å². The molecule has 1 fully saturated rings. The quantitative estimate of drug-likeness (QED) is 0.373. The Balaban J connectivity index is 1.22. The SMILES string of the molecule is O=C(CN(CCc1ccccc1)S(=O)(=O)c1ccc(Br)cc1)N1CCN(Cc2ccc3c(c2)OCO3)CC1. The number of nitrogens with zero attached hydrogens (tertiary/aromatic N) is 3. The average molecular weight is 601 g/mol. The van der Waals surface area contributed by atoms with Crippen molar-refractivity contribution < 1.29 is 22.7 Å². The molecule has 0 N–H and O–H groups in total. The van der Waals surface area contributed by atoms with Crippen molar-refractivity contribution in [2.45, 2.75) is 17.9 Å². The number of fused-ring (bicyclic) bond motifs is 1. The van der Waals surface area contributed by atoms with E-state index < -0.39 is 10.0 Å². The summed E-state index contributed by atoms with van der Waals surface area (Å²) in [7, 11) is -3.85. The smallest absolute Gasteiger partial charge is 0.243 e. The minimum Gasteiger partial charge on any atom is -0.454 e. The second kappa shape index (κ2) is 11.9. The van der Waals surface area contributed by atoms with Crippen LogP contribution in [0, 0.1) is 0 Å². The van der Waals surface area contributed by atoms with Gasteiger partial charge in [0.1, 0.15) is 0 Å². The summed E-state index contributed by atoms with van der Waals surface area (Å²) in [6.45, 7) is 3.56. The molecule has 8 nitrogen and oxygen atoms in total. The predicted molar refractivity (Wildman–Crippen MR) is 147 cm³/mol. The summed E-state index contributed by atoms with van der Waals surface area (Å²) in [6, 6.07) is 22.2. The van der Waals surface area contributed by atoms with Gasteiger partial charge < -0.3 is 14.4 Å². The number of hydrogen-bond acceptors (Lipinski definition) is 6. The number of amides is 1. The molecule has 0 radical (unpaired) electrons. The molecule has 0 bridgehead atoms. The Labute approximate surface area is 231 Å². The molecule has 0 atom stereocenters. The highest BCUT2D eigenvalue weighted by atomic mass is 79.9. The van der Waals surface area contributed by atoms with Gasteiger partial charge in [0.2, 0.25) is 22.7 Å². The van der Waals surface area contributed by atoms with Crippen LogP contribution >= 0.6 is 15.9 Å². The Morgan fingerprint density at radius 3 is 2.32 bits per heavy atom. The number of rotatable bonds is 9. The van der Waals surface area contributed by atoms with E-state index in [1.165, 1.54) is 4.31 Å². The van der Waals surface area contributed by atoms with Gasteiger partial charge in [0.15, 0.2) is 11.5 Å². The molecule has 1 saturated heterocycles. The molecular weight excluding hydrogens is 570 g/mol. The van der Waals surface area contributed by atoms with Gasteiger partial charge in [0.25, 0.3) is 0 Å². The van der Waals surface area contributed by atoms with Crippen LogP contribution < -0.4 is 9.47 Å². The molecule has 5 rings (SSSR count). The molecular formula is C28H30BrN3O5S. The van der Waals surface area contributed by atoms with E-state index in [1.54, 1.807) is 29.2 Å². The van der Waals surface area contributed by atoms with Crippen molar-refractivity contribution in [3.8, 4) is 11.5 Å². The third-order valence-electron chi connectivity index (χ3n) is 6.82. The van der Waals surface area contributed by atoms with Gasteiger partial charge >= 0.3 is 0 Å². The first-order valence-corrected chi connectivity index (χ1v) is 14.8. The van der Waals surface area contributed by atoms with Gasteiger partial charge in [0.05, 0.1) is 11.4 Å². The van der Waals surface area contributed by atoms with Crippen LogP contribution in [0.25, 0.3) is 0 Å². The fraction of sp³-hybridized carbons (Fsp3) is 0.321. The van der Waals surface area contributed by atoms with Gasteiger partial charge in [-0.25, -0.2) is 8.42 Å². The number of carbonyl (C=O) groups is 1. The summed E-state index contributed by atoms with van der Waals surface area (Å²) in [5.41, 5.74) is 2.15. The second-order valence-electron chi connectivity index (χ2n) is 9.37.